The van der Waals surface area contributed by atoms with Gasteiger partial charge in [-0.15, -0.1) is 0 Å². The third-order valence-corrected chi connectivity index (χ3v) is 2.67. The van der Waals surface area contributed by atoms with Crippen LogP contribution in [0.25, 0.3) is 0 Å². The molecule has 0 saturated carbocycles. The summed E-state index contributed by atoms with van der Waals surface area (Å²) < 4.78 is 5.30. The summed E-state index contributed by atoms with van der Waals surface area (Å²) in [5.41, 5.74) is -0.228. The summed E-state index contributed by atoms with van der Waals surface area (Å²) in [6.45, 7) is 3.53. The smallest absolute Gasteiger partial charge is 0.324 e. The summed E-state index contributed by atoms with van der Waals surface area (Å²) in [7, 11) is 0. The van der Waals surface area contributed by atoms with Crippen LogP contribution in [0.1, 0.15) is 13.8 Å². The Balaban J connectivity index is 2.71. The van der Waals surface area contributed by atoms with Crippen molar-refractivity contribution < 1.29 is 19.6 Å². The lowest BCUT2D eigenvalue weighted by molar-refractivity contribution is -0.384. The van der Waals surface area contributed by atoms with Gasteiger partial charge in [-0.1, -0.05) is 25.4 Å². The third kappa shape index (κ3) is 4.67. The molecule has 0 radical (unpaired) electrons. The van der Waals surface area contributed by atoms with Gasteiger partial charge in [0.25, 0.3) is 5.69 Å². The van der Waals surface area contributed by atoms with Crippen molar-refractivity contribution in [3.63, 3.8) is 0 Å². The van der Waals surface area contributed by atoms with Gasteiger partial charge < -0.3 is 9.84 Å². The number of nitro benzene ring substituents is 1. The van der Waals surface area contributed by atoms with Crippen LogP contribution in [0, 0.1) is 10.1 Å². The highest BCUT2D eigenvalue weighted by atomic mass is 35.5. The number of rotatable bonds is 7. The van der Waals surface area contributed by atoms with Crippen LogP contribution < -0.4 is 10.1 Å². The van der Waals surface area contributed by atoms with Crippen molar-refractivity contribution in [1.29, 1.82) is 0 Å². The Morgan fingerprint density at radius 3 is 2.65 bits per heavy atom. The van der Waals surface area contributed by atoms with Gasteiger partial charge in [0.05, 0.1) is 4.92 Å². The number of nitrogens with one attached hydrogen (secondary N) is 1. The molecule has 0 aliphatic heterocycles. The minimum Gasteiger partial charge on any atom is -0.491 e. The third-order valence-electron chi connectivity index (χ3n) is 2.37. The number of benzene rings is 1. The van der Waals surface area contributed by atoms with E-state index in [2.05, 4.69) is 5.32 Å². The average Bonchev–Trinajstić information content (AvgIpc) is 2.33. The Morgan fingerprint density at radius 1 is 1.55 bits per heavy atom. The van der Waals surface area contributed by atoms with Crippen molar-refractivity contribution in [2.75, 3.05) is 6.61 Å². The molecule has 7 nitrogen and oxygen atoms in total. The van der Waals surface area contributed by atoms with Gasteiger partial charge in [-0.25, -0.2) is 0 Å². The van der Waals surface area contributed by atoms with E-state index in [1.165, 1.54) is 18.2 Å². The van der Waals surface area contributed by atoms with Gasteiger partial charge in [0.2, 0.25) is 0 Å². The summed E-state index contributed by atoms with van der Waals surface area (Å²) in [4.78, 5) is 21.0. The van der Waals surface area contributed by atoms with Crippen LogP contribution >= 0.6 is 11.6 Å². The van der Waals surface area contributed by atoms with Gasteiger partial charge in [-0.05, 0) is 6.07 Å². The first-order valence-electron chi connectivity index (χ1n) is 5.87. The Hall–Kier alpha value is -1.86. The molecule has 0 bridgehead atoms. The molecule has 0 aromatic heterocycles. The quantitative estimate of drug-likeness (QED) is 0.590. The predicted octanol–water partition coefficient (Wildman–Crippen LogP) is 2.08. The van der Waals surface area contributed by atoms with Crippen molar-refractivity contribution in [2.45, 2.75) is 25.9 Å². The summed E-state index contributed by atoms with van der Waals surface area (Å²) in [5.74, 6) is -0.760. The zero-order valence-corrected chi connectivity index (χ0v) is 11.8. The van der Waals surface area contributed by atoms with Crippen LogP contribution in [-0.4, -0.2) is 34.7 Å². The maximum atomic E-state index is 11.0. The summed E-state index contributed by atoms with van der Waals surface area (Å²) in [5, 5.41) is 22.4. The van der Waals surface area contributed by atoms with E-state index in [4.69, 9.17) is 21.4 Å². The Kier molecular flexibility index (Phi) is 5.72. The number of carbonyl (C=O) groups is 1. The van der Waals surface area contributed by atoms with E-state index in [9.17, 15) is 14.9 Å². The van der Waals surface area contributed by atoms with E-state index in [-0.39, 0.29) is 29.1 Å². The molecule has 1 rings (SSSR count). The lowest BCUT2D eigenvalue weighted by Crippen LogP contribution is -2.44. The number of hydrogen-bond donors (Lipinski definition) is 2. The number of halogens is 1. The van der Waals surface area contributed by atoms with Crippen molar-refractivity contribution in [3.05, 3.63) is 33.3 Å². The first kappa shape index (κ1) is 16.2. The van der Waals surface area contributed by atoms with Gasteiger partial charge >= 0.3 is 5.97 Å². The molecule has 0 saturated heterocycles. The highest BCUT2D eigenvalue weighted by molar-refractivity contribution is 6.32. The van der Waals surface area contributed by atoms with Crippen molar-refractivity contribution in [3.8, 4) is 5.75 Å². The maximum Gasteiger partial charge on any atom is 0.324 e. The fourth-order valence-corrected chi connectivity index (χ4v) is 1.74. The van der Waals surface area contributed by atoms with Crippen LogP contribution in [0.2, 0.25) is 5.02 Å². The fourth-order valence-electron chi connectivity index (χ4n) is 1.50. The summed E-state index contributed by atoms with van der Waals surface area (Å²) in [6, 6.07) is 2.99. The highest BCUT2D eigenvalue weighted by Crippen LogP contribution is 2.28. The Bertz CT molecular complexity index is 507. The van der Waals surface area contributed by atoms with Crippen LogP contribution in [0.4, 0.5) is 5.69 Å². The second-order valence-electron chi connectivity index (χ2n) is 4.39. The standard InChI is InChI=1S/C12H15ClN2O5/c1-7(2)14-10(12(16)17)6-20-8-3-4-11(15(18)19)9(13)5-8/h3-5,7,10,14H,6H2,1-2H3,(H,16,17). The first-order valence-corrected chi connectivity index (χ1v) is 6.24. The van der Waals surface area contributed by atoms with E-state index < -0.39 is 16.9 Å². The Morgan fingerprint density at radius 2 is 2.20 bits per heavy atom. The second-order valence-corrected chi connectivity index (χ2v) is 4.80. The van der Waals surface area contributed by atoms with Gasteiger partial charge in [-0.2, -0.15) is 0 Å². The average molecular weight is 303 g/mol. The first-order chi connectivity index (χ1) is 9.31. The molecule has 1 unspecified atom stereocenters. The van der Waals surface area contributed by atoms with Gasteiger partial charge in [0, 0.05) is 18.2 Å². The summed E-state index contributed by atoms with van der Waals surface area (Å²) in [6.07, 6.45) is 0. The molecular formula is C12H15ClN2O5. The molecule has 1 aromatic rings. The van der Waals surface area contributed by atoms with E-state index in [0.717, 1.165) is 0 Å². The number of aliphatic carboxylic acids is 1. The maximum absolute atomic E-state index is 11.0. The lowest BCUT2D eigenvalue weighted by Gasteiger charge is -2.17. The van der Waals surface area contributed by atoms with Crippen LogP contribution in [0.5, 0.6) is 5.75 Å². The van der Waals surface area contributed by atoms with E-state index in [0.29, 0.717) is 0 Å². The Labute approximate surface area is 120 Å². The molecule has 0 fully saturated rings. The molecule has 2 N–H and O–H groups in total. The van der Waals surface area contributed by atoms with Crippen molar-refractivity contribution in [2.24, 2.45) is 0 Å². The zero-order chi connectivity index (χ0) is 15.3. The van der Waals surface area contributed by atoms with Gasteiger partial charge in [0.15, 0.2) is 0 Å². The molecule has 1 atom stereocenters. The zero-order valence-electron chi connectivity index (χ0n) is 11.0. The number of carboxylic acid groups (broad SMARTS) is 1. The SMILES string of the molecule is CC(C)NC(COc1ccc([N+](=O)[O-])c(Cl)c1)C(=O)O. The van der Waals surface area contributed by atoms with Crippen molar-refractivity contribution in [1.82, 2.24) is 5.32 Å². The molecule has 0 spiro atoms. The molecule has 0 amide bonds. The fraction of sp³-hybridized carbons (Fsp3) is 0.417. The molecule has 1 aromatic carbocycles. The second kappa shape index (κ2) is 7.06. The predicted molar refractivity (Wildman–Crippen MR) is 73.3 cm³/mol. The topological polar surface area (TPSA) is 102 Å². The van der Waals surface area contributed by atoms with Gasteiger partial charge in [-0.3, -0.25) is 20.2 Å². The number of carboxylic acids is 1. The van der Waals surface area contributed by atoms with Crippen LogP contribution in [0.3, 0.4) is 0 Å². The molecule has 20 heavy (non-hydrogen) atoms. The van der Waals surface area contributed by atoms with E-state index in [1.54, 1.807) is 0 Å². The minimum atomic E-state index is -1.04. The molecule has 8 heteroatoms. The highest BCUT2D eigenvalue weighted by Gasteiger charge is 2.19. The van der Waals surface area contributed by atoms with Gasteiger partial charge in [0.1, 0.15) is 23.4 Å². The number of nitrogens with zero attached hydrogens (tertiary/aromatic N) is 1. The molecule has 0 aliphatic rings. The molecule has 0 heterocycles. The van der Waals surface area contributed by atoms with Crippen LogP contribution in [-0.2, 0) is 4.79 Å². The largest absolute Gasteiger partial charge is 0.491 e. The van der Waals surface area contributed by atoms with Crippen LogP contribution in [0.15, 0.2) is 18.2 Å². The lowest BCUT2D eigenvalue weighted by atomic mass is 10.2. The summed E-state index contributed by atoms with van der Waals surface area (Å²) >= 11 is 5.73. The normalized spacial score (nSPS) is 12.2. The van der Waals surface area contributed by atoms with Crippen molar-refractivity contribution >= 4 is 23.3 Å². The molecule has 0 aliphatic carbocycles. The van der Waals surface area contributed by atoms with E-state index in [1.807, 2.05) is 13.8 Å². The number of ether oxygens (including phenoxy) is 1. The molecular weight excluding hydrogens is 288 g/mol. The number of nitro groups is 1. The molecule has 110 valence electrons. The monoisotopic (exact) mass is 302 g/mol. The number of hydrogen-bond acceptors (Lipinski definition) is 5. The minimum absolute atomic E-state index is 0.0138. The van der Waals surface area contributed by atoms with E-state index >= 15 is 0 Å².